The zero-order valence-electron chi connectivity index (χ0n) is 11.0. The average molecular weight is 247 g/mol. The minimum absolute atomic E-state index is 0.353. The molecule has 3 nitrogen and oxygen atoms in total. The molecular formula is C15H21NO2. The van der Waals surface area contributed by atoms with Crippen molar-refractivity contribution in [1.29, 1.82) is 0 Å². The number of nitrogens with one attached hydrogen (secondary N) is 1. The third kappa shape index (κ3) is 2.32. The normalized spacial score (nSPS) is 18.9. The van der Waals surface area contributed by atoms with E-state index in [1.807, 2.05) is 12.1 Å². The number of rotatable bonds is 6. The van der Waals surface area contributed by atoms with Gasteiger partial charge < -0.3 is 14.8 Å². The van der Waals surface area contributed by atoms with E-state index in [0.29, 0.717) is 12.2 Å². The van der Waals surface area contributed by atoms with Gasteiger partial charge in [-0.1, -0.05) is 25.5 Å². The number of hydrogen-bond donors (Lipinski definition) is 1. The largest absolute Gasteiger partial charge is 0.454 e. The van der Waals surface area contributed by atoms with Gasteiger partial charge >= 0.3 is 0 Å². The predicted molar refractivity (Wildman–Crippen MR) is 70.8 cm³/mol. The van der Waals surface area contributed by atoms with Gasteiger partial charge in [0.25, 0.3) is 0 Å². The second-order valence-corrected chi connectivity index (χ2v) is 5.50. The lowest BCUT2D eigenvalue weighted by Gasteiger charge is -2.15. The summed E-state index contributed by atoms with van der Waals surface area (Å²) in [5, 5.41) is 3.58. The fraction of sp³-hybridized carbons (Fsp3) is 0.600. The molecule has 0 unspecified atom stereocenters. The molecule has 1 aromatic rings. The van der Waals surface area contributed by atoms with Gasteiger partial charge in [0, 0.05) is 18.7 Å². The van der Waals surface area contributed by atoms with Gasteiger partial charge in [0.1, 0.15) is 0 Å². The molecule has 0 bridgehead atoms. The highest BCUT2D eigenvalue weighted by atomic mass is 16.7. The maximum Gasteiger partial charge on any atom is 0.231 e. The monoisotopic (exact) mass is 247 g/mol. The minimum Gasteiger partial charge on any atom is -0.454 e. The summed E-state index contributed by atoms with van der Waals surface area (Å²) < 4.78 is 10.9. The van der Waals surface area contributed by atoms with E-state index in [-0.39, 0.29) is 0 Å². The number of para-hydroxylation sites is 1. The summed E-state index contributed by atoms with van der Waals surface area (Å²) in [4.78, 5) is 0. The number of fused-ring (bicyclic) bond motifs is 1. The van der Waals surface area contributed by atoms with E-state index in [1.54, 1.807) is 0 Å². The highest BCUT2D eigenvalue weighted by molar-refractivity contribution is 5.48. The van der Waals surface area contributed by atoms with Crippen LogP contribution in [0.4, 0.5) is 0 Å². The van der Waals surface area contributed by atoms with Crippen molar-refractivity contribution in [2.24, 2.45) is 5.41 Å². The Morgan fingerprint density at radius 1 is 1.28 bits per heavy atom. The van der Waals surface area contributed by atoms with Gasteiger partial charge in [-0.05, 0) is 30.7 Å². The first kappa shape index (κ1) is 11.8. The second kappa shape index (κ2) is 4.81. The average Bonchev–Trinajstić information content (AvgIpc) is 2.96. The molecule has 3 rings (SSSR count). The second-order valence-electron chi connectivity index (χ2n) is 5.50. The summed E-state index contributed by atoms with van der Waals surface area (Å²) in [6.45, 7) is 4.63. The Morgan fingerprint density at radius 3 is 2.94 bits per heavy atom. The summed E-state index contributed by atoms with van der Waals surface area (Å²) in [6, 6.07) is 6.11. The van der Waals surface area contributed by atoms with Gasteiger partial charge in [-0.15, -0.1) is 0 Å². The molecule has 1 N–H and O–H groups in total. The summed E-state index contributed by atoms with van der Waals surface area (Å²) in [5.74, 6) is 1.80. The summed E-state index contributed by atoms with van der Waals surface area (Å²) >= 11 is 0. The molecule has 18 heavy (non-hydrogen) atoms. The topological polar surface area (TPSA) is 30.5 Å². The van der Waals surface area contributed by atoms with Gasteiger partial charge in [0.15, 0.2) is 11.5 Å². The van der Waals surface area contributed by atoms with Crippen molar-refractivity contribution < 1.29 is 9.47 Å². The van der Waals surface area contributed by atoms with Crippen molar-refractivity contribution in [2.45, 2.75) is 39.2 Å². The van der Waals surface area contributed by atoms with Crippen LogP contribution in [-0.2, 0) is 6.54 Å². The van der Waals surface area contributed by atoms with E-state index in [4.69, 9.17) is 9.47 Å². The Kier molecular flexibility index (Phi) is 3.16. The van der Waals surface area contributed by atoms with Crippen molar-refractivity contribution >= 4 is 0 Å². The molecule has 1 aromatic carbocycles. The zero-order chi connectivity index (χ0) is 12.4. The van der Waals surface area contributed by atoms with Crippen LogP contribution < -0.4 is 14.8 Å². The third-order valence-corrected chi connectivity index (χ3v) is 4.03. The molecule has 98 valence electrons. The molecule has 1 heterocycles. The fourth-order valence-corrected chi connectivity index (χ4v) is 2.81. The summed E-state index contributed by atoms with van der Waals surface area (Å²) in [7, 11) is 0. The molecule has 1 aliphatic carbocycles. The maximum atomic E-state index is 5.51. The van der Waals surface area contributed by atoms with Crippen LogP contribution in [0, 0.1) is 5.41 Å². The van der Waals surface area contributed by atoms with Crippen LogP contribution >= 0.6 is 0 Å². The molecule has 0 saturated heterocycles. The van der Waals surface area contributed by atoms with Gasteiger partial charge in [-0.25, -0.2) is 0 Å². The minimum atomic E-state index is 0.353. The fourth-order valence-electron chi connectivity index (χ4n) is 2.81. The lowest BCUT2D eigenvalue weighted by molar-refractivity contribution is 0.173. The van der Waals surface area contributed by atoms with Crippen LogP contribution in [-0.4, -0.2) is 13.3 Å². The zero-order valence-corrected chi connectivity index (χ0v) is 11.0. The van der Waals surface area contributed by atoms with E-state index in [1.165, 1.54) is 31.2 Å². The Balaban J connectivity index is 1.56. The van der Waals surface area contributed by atoms with Crippen molar-refractivity contribution in [3.8, 4) is 11.5 Å². The summed E-state index contributed by atoms with van der Waals surface area (Å²) in [5.41, 5.74) is 1.81. The molecule has 3 heteroatoms. The summed E-state index contributed by atoms with van der Waals surface area (Å²) in [6.07, 6.45) is 5.42. The number of benzene rings is 1. The highest BCUT2D eigenvalue weighted by Gasteiger charge is 2.40. The molecule has 0 amide bonds. The molecule has 0 atom stereocenters. The van der Waals surface area contributed by atoms with Crippen molar-refractivity contribution in [3.63, 3.8) is 0 Å². The van der Waals surface area contributed by atoms with E-state index < -0.39 is 0 Å². The lowest BCUT2D eigenvalue weighted by atomic mass is 10.0. The van der Waals surface area contributed by atoms with Crippen molar-refractivity contribution in [1.82, 2.24) is 5.32 Å². The Labute approximate surface area is 108 Å². The third-order valence-electron chi connectivity index (χ3n) is 4.03. The van der Waals surface area contributed by atoms with Gasteiger partial charge in [-0.3, -0.25) is 0 Å². The number of hydrogen-bond acceptors (Lipinski definition) is 3. The van der Waals surface area contributed by atoms with E-state index in [9.17, 15) is 0 Å². The van der Waals surface area contributed by atoms with Crippen LogP contribution in [0.2, 0.25) is 0 Å². The van der Waals surface area contributed by atoms with Crippen LogP contribution in [0.25, 0.3) is 0 Å². The van der Waals surface area contributed by atoms with E-state index in [2.05, 4.69) is 18.3 Å². The van der Waals surface area contributed by atoms with E-state index in [0.717, 1.165) is 24.6 Å². The molecule has 0 aromatic heterocycles. The molecule has 0 radical (unpaired) electrons. The van der Waals surface area contributed by atoms with Crippen LogP contribution in [0.3, 0.4) is 0 Å². The predicted octanol–water partition coefficient (Wildman–Crippen LogP) is 3.09. The van der Waals surface area contributed by atoms with Crippen LogP contribution in [0.5, 0.6) is 11.5 Å². The van der Waals surface area contributed by atoms with Crippen LogP contribution in [0.15, 0.2) is 18.2 Å². The van der Waals surface area contributed by atoms with Gasteiger partial charge in [-0.2, -0.15) is 0 Å². The molecule has 1 fully saturated rings. The first-order valence-corrected chi connectivity index (χ1v) is 6.91. The standard InChI is InChI=1S/C15H21NO2/c1-2-6-15(7-8-15)10-16-9-12-4-3-5-13-14(12)18-11-17-13/h3-5,16H,2,6-11H2,1H3. The quantitative estimate of drug-likeness (QED) is 0.838. The Hall–Kier alpha value is -1.22. The van der Waals surface area contributed by atoms with E-state index >= 15 is 0 Å². The SMILES string of the molecule is CCCC1(CNCc2cccc3c2OCO3)CC1. The molecule has 2 aliphatic rings. The van der Waals surface area contributed by atoms with Crippen LogP contribution in [0.1, 0.15) is 38.2 Å². The Morgan fingerprint density at radius 2 is 2.17 bits per heavy atom. The first-order valence-electron chi connectivity index (χ1n) is 6.91. The van der Waals surface area contributed by atoms with Gasteiger partial charge in [0.2, 0.25) is 6.79 Å². The Bertz CT molecular complexity index is 427. The molecule has 1 saturated carbocycles. The molecule has 0 spiro atoms. The lowest BCUT2D eigenvalue weighted by Crippen LogP contribution is -2.23. The highest BCUT2D eigenvalue weighted by Crippen LogP contribution is 2.49. The van der Waals surface area contributed by atoms with Gasteiger partial charge in [0.05, 0.1) is 0 Å². The van der Waals surface area contributed by atoms with Crippen molar-refractivity contribution in [2.75, 3.05) is 13.3 Å². The van der Waals surface area contributed by atoms with Crippen molar-refractivity contribution in [3.05, 3.63) is 23.8 Å². The maximum absolute atomic E-state index is 5.51. The molecule has 1 aliphatic heterocycles. The smallest absolute Gasteiger partial charge is 0.231 e. The first-order chi connectivity index (χ1) is 8.83. The molecular weight excluding hydrogens is 226 g/mol. The number of ether oxygens (including phenoxy) is 2.